The van der Waals surface area contributed by atoms with E-state index in [1.165, 1.54) is 12.1 Å². The van der Waals surface area contributed by atoms with E-state index in [0.29, 0.717) is 0 Å². The lowest BCUT2D eigenvalue weighted by Crippen LogP contribution is -2.27. The molecule has 0 saturated carbocycles. The van der Waals surface area contributed by atoms with Crippen LogP contribution in [0.1, 0.15) is 18.0 Å². The molecule has 0 aliphatic carbocycles. The second kappa shape index (κ2) is 7.80. The zero-order valence-corrected chi connectivity index (χ0v) is 10.7. The highest BCUT2D eigenvalue weighted by molar-refractivity contribution is 5.19. The SMILES string of the molecule is C=CCN(CC=C)CCC(N)c1cccc(F)c1. The third-order valence-electron chi connectivity index (χ3n) is 2.81. The number of halogens is 1. The molecule has 18 heavy (non-hydrogen) atoms. The van der Waals surface area contributed by atoms with Gasteiger partial charge in [0.25, 0.3) is 0 Å². The topological polar surface area (TPSA) is 29.3 Å². The molecule has 98 valence electrons. The van der Waals surface area contributed by atoms with Gasteiger partial charge in [-0.1, -0.05) is 24.3 Å². The molecule has 0 aliphatic heterocycles. The molecule has 1 aromatic rings. The van der Waals surface area contributed by atoms with Gasteiger partial charge in [-0.2, -0.15) is 0 Å². The Morgan fingerprint density at radius 3 is 2.50 bits per heavy atom. The van der Waals surface area contributed by atoms with E-state index in [-0.39, 0.29) is 11.9 Å². The Labute approximate surface area is 109 Å². The standard InChI is InChI=1S/C15H21FN2/c1-3-9-18(10-4-2)11-8-15(17)13-6-5-7-14(16)12-13/h3-7,12,15H,1-2,8-11,17H2. The highest BCUT2D eigenvalue weighted by Crippen LogP contribution is 2.15. The zero-order valence-electron chi connectivity index (χ0n) is 10.7. The Bertz CT molecular complexity index is 380. The summed E-state index contributed by atoms with van der Waals surface area (Å²) in [7, 11) is 0. The Morgan fingerprint density at radius 1 is 1.28 bits per heavy atom. The van der Waals surface area contributed by atoms with Gasteiger partial charge < -0.3 is 5.73 Å². The molecule has 1 rings (SSSR count). The maximum atomic E-state index is 13.1. The molecule has 0 aromatic heterocycles. The molecule has 2 N–H and O–H groups in total. The number of rotatable bonds is 8. The van der Waals surface area contributed by atoms with Gasteiger partial charge in [0.05, 0.1) is 0 Å². The van der Waals surface area contributed by atoms with Crippen molar-refractivity contribution in [2.24, 2.45) is 5.73 Å². The summed E-state index contributed by atoms with van der Waals surface area (Å²) in [6, 6.07) is 6.33. The lowest BCUT2D eigenvalue weighted by Gasteiger charge is -2.21. The summed E-state index contributed by atoms with van der Waals surface area (Å²) in [4.78, 5) is 2.19. The van der Waals surface area contributed by atoms with Crippen molar-refractivity contribution in [2.45, 2.75) is 12.5 Å². The van der Waals surface area contributed by atoms with Crippen LogP contribution in [-0.2, 0) is 0 Å². The first-order valence-corrected chi connectivity index (χ1v) is 6.12. The molecule has 0 amide bonds. The van der Waals surface area contributed by atoms with Gasteiger partial charge in [0, 0.05) is 25.7 Å². The van der Waals surface area contributed by atoms with E-state index in [1.54, 1.807) is 6.07 Å². The van der Waals surface area contributed by atoms with Gasteiger partial charge in [-0.3, -0.25) is 4.90 Å². The molecular weight excluding hydrogens is 227 g/mol. The van der Waals surface area contributed by atoms with Crippen LogP contribution in [-0.4, -0.2) is 24.5 Å². The van der Waals surface area contributed by atoms with Crippen LogP contribution in [0.15, 0.2) is 49.6 Å². The lowest BCUT2D eigenvalue weighted by atomic mass is 10.0. The maximum absolute atomic E-state index is 13.1. The summed E-state index contributed by atoms with van der Waals surface area (Å²) in [6.45, 7) is 9.90. The molecule has 0 spiro atoms. The average Bonchev–Trinajstić information content (AvgIpc) is 2.36. The van der Waals surface area contributed by atoms with E-state index in [9.17, 15) is 4.39 Å². The highest BCUT2D eigenvalue weighted by Gasteiger charge is 2.09. The molecule has 1 atom stereocenters. The highest BCUT2D eigenvalue weighted by atomic mass is 19.1. The first-order chi connectivity index (χ1) is 8.67. The molecule has 0 radical (unpaired) electrons. The molecule has 3 heteroatoms. The molecule has 0 fully saturated rings. The van der Waals surface area contributed by atoms with Crippen LogP contribution in [0.3, 0.4) is 0 Å². The van der Waals surface area contributed by atoms with Gasteiger partial charge >= 0.3 is 0 Å². The molecule has 2 nitrogen and oxygen atoms in total. The fraction of sp³-hybridized carbons (Fsp3) is 0.333. The van der Waals surface area contributed by atoms with Crippen molar-refractivity contribution in [1.82, 2.24) is 4.90 Å². The number of nitrogens with two attached hydrogens (primary N) is 1. The van der Waals surface area contributed by atoms with Crippen LogP contribution in [0, 0.1) is 5.82 Å². The van der Waals surface area contributed by atoms with E-state index in [2.05, 4.69) is 18.1 Å². The third-order valence-corrected chi connectivity index (χ3v) is 2.81. The smallest absolute Gasteiger partial charge is 0.123 e. The summed E-state index contributed by atoms with van der Waals surface area (Å²) in [6.07, 6.45) is 4.50. The third kappa shape index (κ3) is 4.82. The van der Waals surface area contributed by atoms with Crippen LogP contribution < -0.4 is 5.73 Å². The Morgan fingerprint density at radius 2 is 1.94 bits per heavy atom. The van der Waals surface area contributed by atoms with Crippen molar-refractivity contribution in [3.05, 3.63) is 61.0 Å². The predicted octanol–water partition coefficient (Wildman–Crippen LogP) is 2.89. The average molecular weight is 248 g/mol. The van der Waals surface area contributed by atoms with Gasteiger partial charge in [0.15, 0.2) is 0 Å². The largest absolute Gasteiger partial charge is 0.324 e. The quantitative estimate of drug-likeness (QED) is 0.717. The van der Waals surface area contributed by atoms with Crippen molar-refractivity contribution in [2.75, 3.05) is 19.6 Å². The second-order valence-corrected chi connectivity index (χ2v) is 4.29. The first-order valence-electron chi connectivity index (χ1n) is 6.12. The molecular formula is C15H21FN2. The van der Waals surface area contributed by atoms with Gasteiger partial charge in [-0.05, 0) is 24.1 Å². The molecule has 1 unspecified atom stereocenters. The van der Waals surface area contributed by atoms with E-state index >= 15 is 0 Å². The Hall–Kier alpha value is -1.45. The van der Waals surface area contributed by atoms with Gasteiger partial charge in [-0.15, -0.1) is 13.2 Å². The summed E-state index contributed by atoms with van der Waals surface area (Å²) >= 11 is 0. The number of nitrogens with zero attached hydrogens (tertiary/aromatic N) is 1. The fourth-order valence-corrected chi connectivity index (χ4v) is 1.85. The van der Waals surface area contributed by atoms with Crippen molar-refractivity contribution < 1.29 is 4.39 Å². The minimum absolute atomic E-state index is 0.141. The predicted molar refractivity (Wildman–Crippen MR) is 74.8 cm³/mol. The van der Waals surface area contributed by atoms with E-state index in [4.69, 9.17) is 5.73 Å². The van der Waals surface area contributed by atoms with Gasteiger partial charge in [0.2, 0.25) is 0 Å². The van der Waals surface area contributed by atoms with Crippen LogP contribution >= 0.6 is 0 Å². The van der Waals surface area contributed by atoms with Crippen LogP contribution in [0.5, 0.6) is 0 Å². The van der Waals surface area contributed by atoms with Crippen LogP contribution in [0.2, 0.25) is 0 Å². The van der Waals surface area contributed by atoms with E-state index in [0.717, 1.165) is 31.6 Å². The van der Waals surface area contributed by atoms with Gasteiger partial charge in [-0.25, -0.2) is 4.39 Å². The van der Waals surface area contributed by atoms with Gasteiger partial charge in [0.1, 0.15) is 5.82 Å². The molecule has 0 saturated heterocycles. The lowest BCUT2D eigenvalue weighted by molar-refractivity contribution is 0.319. The maximum Gasteiger partial charge on any atom is 0.123 e. The zero-order chi connectivity index (χ0) is 13.4. The summed E-state index contributed by atoms with van der Waals surface area (Å²) in [5.41, 5.74) is 6.90. The monoisotopic (exact) mass is 248 g/mol. The summed E-state index contributed by atoms with van der Waals surface area (Å²) in [5.74, 6) is -0.239. The van der Waals surface area contributed by atoms with Crippen molar-refractivity contribution in [1.29, 1.82) is 0 Å². The normalized spacial score (nSPS) is 12.4. The number of hydrogen-bond donors (Lipinski definition) is 1. The van der Waals surface area contributed by atoms with Crippen molar-refractivity contribution in [3.8, 4) is 0 Å². The van der Waals surface area contributed by atoms with E-state index in [1.807, 2.05) is 18.2 Å². The van der Waals surface area contributed by atoms with E-state index < -0.39 is 0 Å². The molecule has 0 bridgehead atoms. The Kier molecular flexibility index (Phi) is 6.33. The molecule has 0 heterocycles. The number of benzene rings is 1. The summed E-state index contributed by atoms with van der Waals surface area (Å²) in [5, 5.41) is 0. The van der Waals surface area contributed by atoms with Crippen molar-refractivity contribution in [3.63, 3.8) is 0 Å². The Balaban J connectivity index is 2.50. The fourth-order valence-electron chi connectivity index (χ4n) is 1.85. The number of hydrogen-bond acceptors (Lipinski definition) is 2. The molecule has 0 aliphatic rings. The summed E-state index contributed by atoms with van der Waals surface area (Å²) < 4.78 is 13.1. The minimum Gasteiger partial charge on any atom is -0.324 e. The molecule has 1 aromatic carbocycles. The minimum atomic E-state index is -0.239. The van der Waals surface area contributed by atoms with Crippen LogP contribution in [0.25, 0.3) is 0 Å². The van der Waals surface area contributed by atoms with Crippen LogP contribution in [0.4, 0.5) is 4.39 Å². The van der Waals surface area contributed by atoms with Crippen molar-refractivity contribution >= 4 is 0 Å². The first kappa shape index (κ1) is 14.6. The second-order valence-electron chi connectivity index (χ2n) is 4.29.